The number of alkyl halides is 1. The van der Waals surface area contributed by atoms with Crippen LogP contribution in [0.15, 0.2) is 77.8 Å². The van der Waals surface area contributed by atoms with Crippen LogP contribution in [-0.2, 0) is 0 Å². The fraction of sp³-hybridized carbons (Fsp3) is 0.0500. The SMILES string of the molecule is NC(CCl)=Nc1cc(-c2ccccc2)c(O)c(-c2ccccc2)c1. The summed E-state index contributed by atoms with van der Waals surface area (Å²) in [7, 11) is 0. The molecule has 4 heteroatoms. The van der Waals surface area contributed by atoms with Crippen molar-refractivity contribution < 1.29 is 5.11 Å². The third-order valence-corrected chi connectivity index (χ3v) is 3.95. The Bertz CT molecular complexity index is 801. The van der Waals surface area contributed by atoms with Gasteiger partial charge in [0.05, 0.1) is 11.6 Å². The Hall–Kier alpha value is -2.78. The molecule has 0 radical (unpaired) electrons. The molecule has 3 aromatic rings. The highest BCUT2D eigenvalue weighted by Crippen LogP contribution is 2.41. The molecule has 0 aliphatic heterocycles. The molecule has 0 fully saturated rings. The Morgan fingerprint density at radius 2 is 1.33 bits per heavy atom. The zero-order valence-corrected chi connectivity index (χ0v) is 13.7. The molecule has 0 aromatic heterocycles. The minimum atomic E-state index is 0.155. The van der Waals surface area contributed by atoms with Crippen molar-refractivity contribution in [1.29, 1.82) is 0 Å². The predicted octanol–water partition coefficient (Wildman–Crippen LogP) is 4.95. The topological polar surface area (TPSA) is 58.6 Å². The third-order valence-electron chi connectivity index (χ3n) is 3.67. The lowest BCUT2D eigenvalue weighted by Crippen LogP contribution is -2.12. The molecule has 0 amide bonds. The van der Waals surface area contributed by atoms with Crippen molar-refractivity contribution in [3.8, 4) is 28.0 Å². The second-order valence-corrected chi connectivity index (χ2v) is 5.63. The Morgan fingerprint density at radius 3 is 1.75 bits per heavy atom. The average Bonchev–Trinajstić information content (AvgIpc) is 2.64. The van der Waals surface area contributed by atoms with Gasteiger partial charge in [-0.1, -0.05) is 60.7 Å². The van der Waals surface area contributed by atoms with E-state index in [0.717, 1.165) is 11.1 Å². The van der Waals surface area contributed by atoms with E-state index in [2.05, 4.69) is 4.99 Å². The Labute approximate surface area is 146 Å². The van der Waals surface area contributed by atoms with E-state index in [1.807, 2.05) is 72.8 Å². The number of benzene rings is 3. The molecular weight excluding hydrogens is 320 g/mol. The van der Waals surface area contributed by atoms with E-state index in [1.54, 1.807) is 0 Å². The number of hydrogen-bond donors (Lipinski definition) is 2. The largest absolute Gasteiger partial charge is 0.507 e. The van der Waals surface area contributed by atoms with Crippen molar-refractivity contribution in [2.75, 3.05) is 5.88 Å². The van der Waals surface area contributed by atoms with Crippen LogP contribution in [0.25, 0.3) is 22.3 Å². The van der Waals surface area contributed by atoms with Crippen molar-refractivity contribution in [2.24, 2.45) is 10.7 Å². The van der Waals surface area contributed by atoms with Crippen LogP contribution in [0.2, 0.25) is 0 Å². The van der Waals surface area contributed by atoms with Gasteiger partial charge in [-0.25, -0.2) is 4.99 Å². The first-order chi connectivity index (χ1) is 11.7. The molecule has 3 rings (SSSR count). The summed E-state index contributed by atoms with van der Waals surface area (Å²) < 4.78 is 0. The first kappa shape index (κ1) is 16.1. The van der Waals surface area contributed by atoms with Gasteiger partial charge >= 0.3 is 0 Å². The van der Waals surface area contributed by atoms with E-state index in [4.69, 9.17) is 17.3 Å². The van der Waals surface area contributed by atoms with Gasteiger partial charge in [-0.05, 0) is 23.3 Å². The van der Waals surface area contributed by atoms with Crippen LogP contribution in [0, 0.1) is 0 Å². The summed E-state index contributed by atoms with van der Waals surface area (Å²) in [5, 5.41) is 10.8. The lowest BCUT2D eigenvalue weighted by Gasteiger charge is -2.12. The van der Waals surface area contributed by atoms with E-state index in [0.29, 0.717) is 22.6 Å². The summed E-state index contributed by atoms with van der Waals surface area (Å²) in [6.07, 6.45) is 0. The maximum atomic E-state index is 10.8. The van der Waals surface area contributed by atoms with Crippen LogP contribution < -0.4 is 5.73 Å². The molecule has 0 saturated carbocycles. The zero-order chi connectivity index (χ0) is 16.9. The number of rotatable bonds is 4. The highest BCUT2D eigenvalue weighted by atomic mass is 35.5. The second kappa shape index (κ2) is 7.20. The van der Waals surface area contributed by atoms with Gasteiger partial charge in [-0.2, -0.15) is 0 Å². The molecule has 0 aliphatic rings. The number of aliphatic imine (C=N–C) groups is 1. The molecule has 24 heavy (non-hydrogen) atoms. The van der Waals surface area contributed by atoms with Gasteiger partial charge < -0.3 is 10.8 Å². The molecule has 0 bridgehead atoms. The van der Waals surface area contributed by atoms with Gasteiger partial charge in [0.15, 0.2) is 0 Å². The number of amidine groups is 1. The van der Waals surface area contributed by atoms with Crippen molar-refractivity contribution in [3.05, 3.63) is 72.8 Å². The van der Waals surface area contributed by atoms with Gasteiger partial charge in [0.25, 0.3) is 0 Å². The first-order valence-electron chi connectivity index (χ1n) is 7.56. The van der Waals surface area contributed by atoms with E-state index >= 15 is 0 Å². The highest BCUT2D eigenvalue weighted by Gasteiger charge is 2.13. The van der Waals surface area contributed by atoms with Gasteiger partial charge in [0.1, 0.15) is 11.6 Å². The van der Waals surface area contributed by atoms with Crippen LogP contribution in [0.4, 0.5) is 5.69 Å². The van der Waals surface area contributed by atoms with Crippen molar-refractivity contribution >= 4 is 23.1 Å². The Kier molecular flexibility index (Phi) is 4.82. The van der Waals surface area contributed by atoms with Crippen LogP contribution in [0.1, 0.15) is 0 Å². The van der Waals surface area contributed by atoms with Gasteiger partial charge in [-0.15, -0.1) is 11.6 Å². The predicted molar refractivity (Wildman–Crippen MR) is 101 cm³/mol. The zero-order valence-electron chi connectivity index (χ0n) is 13.0. The summed E-state index contributed by atoms with van der Waals surface area (Å²) in [6, 6.07) is 23.0. The van der Waals surface area contributed by atoms with Gasteiger partial charge in [0, 0.05) is 11.1 Å². The minimum absolute atomic E-state index is 0.155. The minimum Gasteiger partial charge on any atom is -0.507 e. The van der Waals surface area contributed by atoms with Crippen molar-refractivity contribution in [2.45, 2.75) is 0 Å². The quantitative estimate of drug-likeness (QED) is 0.402. The fourth-order valence-electron chi connectivity index (χ4n) is 2.56. The van der Waals surface area contributed by atoms with E-state index in [9.17, 15) is 5.11 Å². The lowest BCUT2D eigenvalue weighted by molar-refractivity contribution is 0.479. The summed E-state index contributed by atoms with van der Waals surface area (Å²) in [4.78, 5) is 4.34. The number of halogens is 1. The van der Waals surface area contributed by atoms with Crippen LogP contribution >= 0.6 is 11.6 Å². The highest BCUT2D eigenvalue weighted by molar-refractivity contribution is 6.28. The second-order valence-electron chi connectivity index (χ2n) is 5.36. The van der Waals surface area contributed by atoms with Crippen molar-refractivity contribution in [1.82, 2.24) is 0 Å². The van der Waals surface area contributed by atoms with E-state index < -0.39 is 0 Å². The maximum Gasteiger partial charge on any atom is 0.131 e. The monoisotopic (exact) mass is 336 g/mol. The number of nitrogens with two attached hydrogens (primary N) is 1. The molecule has 0 spiro atoms. The smallest absolute Gasteiger partial charge is 0.131 e. The maximum absolute atomic E-state index is 10.8. The summed E-state index contributed by atoms with van der Waals surface area (Å²) in [5.74, 6) is 0.707. The number of hydrogen-bond acceptors (Lipinski definition) is 2. The standard InChI is InChI=1S/C20H17ClN2O/c21-13-19(22)23-16-11-17(14-7-3-1-4-8-14)20(24)18(12-16)15-9-5-2-6-10-15/h1-12,24H,13H2,(H2,22,23). The lowest BCUT2D eigenvalue weighted by atomic mass is 9.96. The molecule has 0 aliphatic carbocycles. The van der Waals surface area contributed by atoms with Crippen LogP contribution in [-0.4, -0.2) is 16.8 Å². The molecule has 3 nitrogen and oxygen atoms in total. The summed E-state index contributed by atoms with van der Waals surface area (Å²) in [6.45, 7) is 0. The normalized spacial score (nSPS) is 11.5. The first-order valence-corrected chi connectivity index (χ1v) is 8.09. The van der Waals surface area contributed by atoms with Gasteiger partial charge in [0.2, 0.25) is 0 Å². The Balaban J connectivity index is 2.24. The van der Waals surface area contributed by atoms with Crippen molar-refractivity contribution in [3.63, 3.8) is 0 Å². The summed E-state index contributed by atoms with van der Waals surface area (Å²) in [5.41, 5.74) is 9.67. The van der Waals surface area contributed by atoms with E-state index in [1.165, 1.54) is 0 Å². The van der Waals surface area contributed by atoms with E-state index in [-0.39, 0.29) is 11.6 Å². The third kappa shape index (κ3) is 3.42. The molecule has 120 valence electrons. The van der Waals surface area contributed by atoms with Crippen LogP contribution in [0.3, 0.4) is 0 Å². The molecule has 0 unspecified atom stereocenters. The number of phenols is 1. The molecule has 0 heterocycles. The molecule has 3 N–H and O–H groups in total. The molecule has 3 aromatic carbocycles. The molecule has 0 atom stereocenters. The molecular formula is C20H17ClN2O. The van der Waals surface area contributed by atoms with Crippen LogP contribution in [0.5, 0.6) is 5.75 Å². The number of phenolic OH excluding ortho intramolecular Hbond substituents is 1. The number of nitrogens with zero attached hydrogens (tertiary/aromatic N) is 1. The van der Waals surface area contributed by atoms with Gasteiger partial charge in [-0.3, -0.25) is 0 Å². The summed E-state index contributed by atoms with van der Waals surface area (Å²) >= 11 is 5.74. The average molecular weight is 337 g/mol. The molecule has 0 saturated heterocycles. The fourth-order valence-corrected chi connectivity index (χ4v) is 2.61. The number of aromatic hydroxyl groups is 1. The Morgan fingerprint density at radius 1 is 0.875 bits per heavy atom.